The van der Waals surface area contributed by atoms with E-state index in [-0.39, 0.29) is 5.97 Å². The van der Waals surface area contributed by atoms with Crippen LogP contribution in [0.15, 0.2) is 42.5 Å². The van der Waals surface area contributed by atoms with Gasteiger partial charge in [0.2, 0.25) is 6.29 Å². The molecule has 0 spiro atoms. The quantitative estimate of drug-likeness (QED) is 0.453. The summed E-state index contributed by atoms with van der Waals surface area (Å²) in [4.78, 5) is 22.8. The summed E-state index contributed by atoms with van der Waals surface area (Å²) < 4.78 is 15.6. The molecule has 1 unspecified atom stereocenters. The van der Waals surface area contributed by atoms with Gasteiger partial charge >= 0.3 is 11.9 Å². The topological polar surface area (TPSA) is 61.8 Å². The molecule has 1 aromatic rings. The van der Waals surface area contributed by atoms with E-state index in [0.717, 1.165) is 24.8 Å². The van der Waals surface area contributed by atoms with Gasteiger partial charge in [-0.05, 0) is 37.0 Å². The molecule has 0 saturated carbocycles. The Morgan fingerprint density at radius 2 is 2.04 bits per heavy atom. The first kappa shape index (κ1) is 17.9. The monoisotopic (exact) mass is 330 g/mol. The van der Waals surface area contributed by atoms with E-state index in [0.29, 0.717) is 24.4 Å². The molecule has 0 bridgehead atoms. The molecular formula is C19H22O5. The van der Waals surface area contributed by atoms with Crippen LogP contribution in [0.1, 0.15) is 38.2 Å². The fourth-order valence-corrected chi connectivity index (χ4v) is 2.24. The minimum Gasteiger partial charge on any atom is -0.432 e. The van der Waals surface area contributed by atoms with Crippen molar-refractivity contribution in [1.29, 1.82) is 0 Å². The van der Waals surface area contributed by atoms with Crippen molar-refractivity contribution in [1.82, 2.24) is 0 Å². The van der Waals surface area contributed by atoms with Crippen LogP contribution in [0, 0.1) is 0 Å². The Kier molecular flexibility index (Phi) is 6.75. The molecule has 0 radical (unpaired) electrons. The lowest BCUT2D eigenvalue weighted by Gasteiger charge is -2.22. The van der Waals surface area contributed by atoms with Gasteiger partial charge in [0.15, 0.2) is 0 Å². The number of ether oxygens (including phenoxy) is 3. The fraction of sp³-hybridized carbons (Fsp3) is 0.368. The summed E-state index contributed by atoms with van der Waals surface area (Å²) in [6, 6.07) is 7.08. The fourth-order valence-electron chi connectivity index (χ4n) is 2.24. The minimum atomic E-state index is -0.444. The second-order valence-corrected chi connectivity index (χ2v) is 5.57. The Labute approximate surface area is 141 Å². The highest BCUT2D eigenvalue weighted by Gasteiger charge is 2.19. The van der Waals surface area contributed by atoms with E-state index in [4.69, 9.17) is 14.2 Å². The molecule has 1 aliphatic rings. The van der Waals surface area contributed by atoms with Gasteiger partial charge in [0.1, 0.15) is 5.75 Å². The third kappa shape index (κ3) is 6.01. The van der Waals surface area contributed by atoms with E-state index in [1.807, 2.05) is 24.3 Å². The first-order valence-corrected chi connectivity index (χ1v) is 8.00. The maximum atomic E-state index is 11.9. The molecule has 0 N–H and O–H groups in total. The second-order valence-electron chi connectivity index (χ2n) is 5.57. The first-order valence-electron chi connectivity index (χ1n) is 8.00. The third-order valence-corrected chi connectivity index (χ3v) is 3.48. The van der Waals surface area contributed by atoms with Gasteiger partial charge < -0.3 is 14.2 Å². The number of carbonyl (C=O) groups is 2. The summed E-state index contributed by atoms with van der Waals surface area (Å²) in [6.45, 7) is 5.75. The van der Waals surface area contributed by atoms with E-state index >= 15 is 0 Å². The highest BCUT2D eigenvalue weighted by molar-refractivity contribution is 5.88. The van der Waals surface area contributed by atoms with E-state index in [2.05, 4.69) is 6.58 Å². The van der Waals surface area contributed by atoms with E-state index in [1.165, 1.54) is 6.92 Å². The van der Waals surface area contributed by atoms with Crippen LogP contribution in [0.25, 0.3) is 6.08 Å². The van der Waals surface area contributed by atoms with Gasteiger partial charge in [-0.1, -0.05) is 30.9 Å². The van der Waals surface area contributed by atoms with E-state index in [1.54, 1.807) is 12.1 Å². The van der Waals surface area contributed by atoms with Crippen molar-refractivity contribution < 1.29 is 23.8 Å². The van der Waals surface area contributed by atoms with Crippen LogP contribution in [-0.2, 0) is 19.1 Å². The van der Waals surface area contributed by atoms with Crippen molar-refractivity contribution in [3.63, 3.8) is 0 Å². The summed E-state index contributed by atoms with van der Waals surface area (Å²) in [5.41, 5.74) is 1.32. The molecule has 1 saturated heterocycles. The zero-order valence-corrected chi connectivity index (χ0v) is 13.8. The number of hydrogen-bond donors (Lipinski definition) is 0. The number of carbonyl (C=O) groups excluding carboxylic acids is 2. The van der Waals surface area contributed by atoms with Gasteiger partial charge in [0, 0.05) is 18.9 Å². The summed E-state index contributed by atoms with van der Waals surface area (Å²) in [5, 5.41) is 0. The normalized spacial score (nSPS) is 17.5. The Bertz CT molecular complexity index is 609. The molecule has 1 aliphatic heterocycles. The zero-order chi connectivity index (χ0) is 17.4. The van der Waals surface area contributed by atoms with Crippen molar-refractivity contribution >= 4 is 18.0 Å². The average Bonchev–Trinajstić information content (AvgIpc) is 2.56. The Hall–Kier alpha value is -2.40. The smallest absolute Gasteiger partial charge is 0.336 e. The maximum Gasteiger partial charge on any atom is 0.336 e. The summed E-state index contributed by atoms with van der Waals surface area (Å²) in [7, 11) is 0. The standard InChI is InChI=1S/C19H22O5/c1-14(19(21)24-18-8-3-4-13-22-18)6-5-7-16-9-11-17(12-10-16)23-15(2)20/h5,7,9-12,18H,1,3-4,6,8,13H2,2H3. The van der Waals surface area contributed by atoms with Crippen LogP contribution in [0.2, 0.25) is 0 Å². The predicted octanol–water partition coefficient (Wildman–Crippen LogP) is 3.64. The summed E-state index contributed by atoms with van der Waals surface area (Å²) in [6.07, 6.45) is 6.42. The van der Waals surface area contributed by atoms with Crippen LogP contribution >= 0.6 is 0 Å². The van der Waals surface area contributed by atoms with Gasteiger partial charge in [0.05, 0.1) is 6.61 Å². The van der Waals surface area contributed by atoms with Crippen molar-refractivity contribution in [2.45, 2.75) is 38.9 Å². The van der Waals surface area contributed by atoms with Crippen molar-refractivity contribution in [2.24, 2.45) is 0 Å². The number of hydrogen-bond acceptors (Lipinski definition) is 5. The third-order valence-electron chi connectivity index (χ3n) is 3.48. The van der Waals surface area contributed by atoms with Gasteiger partial charge in [-0.15, -0.1) is 0 Å². The molecule has 5 nitrogen and oxygen atoms in total. The number of allylic oxidation sites excluding steroid dienone is 1. The maximum absolute atomic E-state index is 11.9. The molecule has 1 atom stereocenters. The molecule has 2 rings (SSSR count). The van der Waals surface area contributed by atoms with E-state index < -0.39 is 12.3 Å². The first-order chi connectivity index (χ1) is 11.5. The minimum absolute atomic E-state index is 0.352. The largest absolute Gasteiger partial charge is 0.432 e. The Morgan fingerprint density at radius 1 is 1.29 bits per heavy atom. The van der Waals surface area contributed by atoms with Crippen molar-refractivity contribution in [3.8, 4) is 5.75 Å². The average molecular weight is 330 g/mol. The molecule has 1 heterocycles. The molecule has 0 aliphatic carbocycles. The van der Waals surface area contributed by atoms with Crippen LogP contribution in [0.3, 0.4) is 0 Å². The Balaban J connectivity index is 1.78. The number of rotatable bonds is 6. The van der Waals surface area contributed by atoms with Gasteiger partial charge in [0.25, 0.3) is 0 Å². The molecular weight excluding hydrogens is 308 g/mol. The molecule has 1 fully saturated rings. The molecule has 0 aromatic heterocycles. The molecule has 5 heteroatoms. The lowest BCUT2D eigenvalue weighted by Crippen LogP contribution is -2.25. The lowest BCUT2D eigenvalue weighted by molar-refractivity contribution is -0.182. The SMILES string of the molecule is C=C(CC=Cc1ccc(OC(C)=O)cc1)C(=O)OC1CCCCO1. The molecule has 1 aromatic carbocycles. The highest BCUT2D eigenvalue weighted by atomic mass is 16.7. The number of esters is 2. The summed E-state index contributed by atoms with van der Waals surface area (Å²) >= 11 is 0. The second kappa shape index (κ2) is 9.03. The van der Waals surface area contributed by atoms with Gasteiger partial charge in [-0.25, -0.2) is 4.79 Å². The summed E-state index contributed by atoms with van der Waals surface area (Å²) in [5.74, 6) is -0.271. The van der Waals surface area contributed by atoms with Gasteiger partial charge in [-0.3, -0.25) is 4.79 Å². The van der Waals surface area contributed by atoms with Gasteiger partial charge in [-0.2, -0.15) is 0 Å². The van der Waals surface area contributed by atoms with Crippen LogP contribution < -0.4 is 4.74 Å². The zero-order valence-electron chi connectivity index (χ0n) is 13.8. The molecule has 0 amide bonds. The van der Waals surface area contributed by atoms with Crippen LogP contribution in [0.4, 0.5) is 0 Å². The highest BCUT2D eigenvalue weighted by Crippen LogP contribution is 2.17. The molecule has 24 heavy (non-hydrogen) atoms. The lowest BCUT2D eigenvalue weighted by atomic mass is 10.1. The number of benzene rings is 1. The van der Waals surface area contributed by atoms with Crippen molar-refractivity contribution in [2.75, 3.05) is 6.61 Å². The van der Waals surface area contributed by atoms with Crippen molar-refractivity contribution in [3.05, 3.63) is 48.1 Å². The Morgan fingerprint density at radius 3 is 2.67 bits per heavy atom. The van der Waals surface area contributed by atoms with E-state index in [9.17, 15) is 9.59 Å². The predicted molar refractivity (Wildman–Crippen MR) is 90.2 cm³/mol. The molecule has 128 valence electrons. The van der Waals surface area contributed by atoms with Crippen LogP contribution in [0.5, 0.6) is 5.75 Å². The van der Waals surface area contributed by atoms with Crippen LogP contribution in [-0.4, -0.2) is 24.8 Å².